The van der Waals surface area contributed by atoms with Crippen LogP contribution in [0.3, 0.4) is 0 Å². The minimum Gasteiger partial charge on any atom is -0.214 e. The molecule has 21 heavy (non-hydrogen) atoms. The minimum atomic E-state index is 0. The molecule has 0 aliphatic rings. The number of hydrogen-bond donors (Lipinski definition) is 0. The first-order valence-corrected chi connectivity index (χ1v) is 6.67. The molecule has 4 aromatic rings. The molecule has 1 heteroatoms. The fourth-order valence-electron chi connectivity index (χ4n) is 1.28. The van der Waals surface area contributed by atoms with Crippen LogP contribution in [0.15, 0.2) is 121 Å². The standard InChI is InChI=1S/4C5H5.Nb/c4*1-2-4-5-3-1;/h4*1-5H;/q4*-1;. The second-order valence-corrected chi connectivity index (χ2v) is 3.85. The third kappa shape index (κ3) is 14.4. The van der Waals surface area contributed by atoms with Crippen LogP contribution in [0.25, 0.3) is 0 Å². The summed E-state index contributed by atoms with van der Waals surface area (Å²) in [6.07, 6.45) is 0. The van der Waals surface area contributed by atoms with Crippen molar-refractivity contribution in [2.45, 2.75) is 0 Å². The molecule has 1 radical (unpaired) electrons. The van der Waals surface area contributed by atoms with Gasteiger partial charge in [-0.1, -0.05) is 0 Å². The van der Waals surface area contributed by atoms with Crippen LogP contribution >= 0.6 is 0 Å². The molecule has 0 amide bonds. The summed E-state index contributed by atoms with van der Waals surface area (Å²) in [4.78, 5) is 0. The van der Waals surface area contributed by atoms with Crippen LogP contribution in [0, 0.1) is 0 Å². The second kappa shape index (κ2) is 16.2. The van der Waals surface area contributed by atoms with Gasteiger partial charge in [0.25, 0.3) is 0 Å². The summed E-state index contributed by atoms with van der Waals surface area (Å²) in [5.41, 5.74) is 0. The molecule has 0 saturated heterocycles. The largest absolute Gasteiger partial charge is 0.214 e. The zero-order valence-electron chi connectivity index (χ0n) is 12.0. The van der Waals surface area contributed by atoms with Gasteiger partial charge in [-0.25, -0.2) is 48.5 Å². The summed E-state index contributed by atoms with van der Waals surface area (Å²) < 4.78 is 0. The van der Waals surface area contributed by atoms with E-state index < -0.39 is 0 Å². The first-order chi connectivity index (χ1) is 10.0. The number of rotatable bonds is 0. The quantitative estimate of drug-likeness (QED) is 0.284. The molecule has 0 saturated carbocycles. The first kappa shape index (κ1) is 19.1. The van der Waals surface area contributed by atoms with E-state index in [-0.39, 0.29) is 22.4 Å². The minimum absolute atomic E-state index is 0. The SMILES string of the molecule is [Nb].c1cc[cH-]c1.c1cc[cH-]c1.c1cc[cH-]c1.c1cc[cH-]c1. The molecule has 0 fully saturated rings. The maximum Gasteiger partial charge on any atom is 0 e. The fourth-order valence-corrected chi connectivity index (χ4v) is 1.28. The van der Waals surface area contributed by atoms with E-state index in [1.165, 1.54) is 0 Å². The molecule has 0 atom stereocenters. The van der Waals surface area contributed by atoms with E-state index in [1.54, 1.807) is 0 Å². The molecule has 4 rings (SSSR count). The Hall–Kier alpha value is -1.86. The molecule has 0 aromatic heterocycles. The predicted molar refractivity (Wildman–Crippen MR) is 88.1 cm³/mol. The average molecular weight is 353 g/mol. The molecule has 0 aliphatic heterocycles. The van der Waals surface area contributed by atoms with Crippen molar-refractivity contribution < 1.29 is 22.4 Å². The second-order valence-electron chi connectivity index (χ2n) is 3.85. The monoisotopic (exact) mass is 353 g/mol. The van der Waals surface area contributed by atoms with E-state index in [2.05, 4.69) is 0 Å². The molecule has 0 N–H and O–H groups in total. The van der Waals surface area contributed by atoms with E-state index >= 15 is 0 Å². The van der Waals surface area contributed by atoms with Gasteiger partial charge >= 0.3 is 0 Å². The fraction of sp³-hybridized carbons (Fsp3) is 0. The van der Waals surface area contributed by atoms with Gasteiger partial charge in [-0.05, 0) is 0 Å². The maximum atomic E-state index is 2.00. The molecule has 0 aliphatic carbocycles. The summed E-state index contributed by atoms with van der Waals surface area (Å²) in [6, 6.07) is 40.0. The van der Waals surface area contributed by atoms with Gasteiger partial charge in [0.05, 0.1) is 0 Å². The van der Waals surface area contributed by atoms with Gasteiger partial charge in [0, 0.05) is 22.4 Å². The molecule has 0 bridgehead atoms. The van der Waals surface area contributed by atoms with Crippen molar-refractivity contribution in [3.63, 3.8) is 0 Å². The van der Waals surface area contributed by atoms with Crippen LogP contribution < -0.4 is 0 Å². The Bertz CT molecular complexity index is 337. The van der Waals surface area contributed by atoms with Crippen molar-refractivity contribution in [2.24, 2.45) is 0 Å². The van der Waals surface area contributed by atoms with Crippen LogP contribution in [-0.4, -0.2) is 0 Å². The van der Waals surface area contributed by atoms with Crippen molar-refractivity contribution in [1.29, 1.82) is 0 Å². The van der Waals surface area contributed by atoms with Gasteiger partial charge in [0.15, 0.2) is 0 Å². The third-order valence-electron chi connectivity index (χ3n) is 2.22. The van der Waals surface area contributed by atoms with Crippen molar-refractivity contribution in [3.05, 3.63) is 121 Å². The van der Waals surface area contributed by atoms with Crippen LogP contribution in [0.1, 0.15) is 0 Å². The van der Waals surface area contributed by atoms with Crippen LogP contribution in [-0.2, 0) is 22.4 Å². The van der Waals surface area contributed by atoms with Crippen molar-refractivity contribution >= 4 is 0 Å². The molecule has 4 aromatic carbocycles. The molecule has 0 nitrogen and oxygen atoms in total. The summed E-state index contributed by atoms with van der Waals surface area (Å²) in [5, 5.41) is 0. The van der Waals surface area contributed by atoms with Crippen LogP contribution in [0.4, 0.5) is 0 Å². The Kier molecular flexibility index (Phi) is 14.8. The normalized spacial score (nSPS) is 7.62. The van der Waals surface area contributed by atoms with Gasteiger partial charge in [-0.3, -0.25) is 0 Å². The topological polar surface area (TPSA) is 0 Å². The zero-order chi connectivity index (χ0) is 14.1. The van der Waals surface area contributed by atoms with Gasteiger partial charge in [0.2, 0.25) is 0 Å². The average Bonchev–Trinajstić information content (AvgIpc) is 3.40. The molecule has 0 spiro atoms. The Balaban J connectivity index is 0.000000250. The van der Waals surface area contributed by atoms with Crippen LogP contribution in [0.5, 0.6) is 0 Å². The number of hydrogen-bond acceptors (Lipinski definition) is 0. The third-order valence-corrected chi connectivity index (χ3v) is 2.22. The molecule has 0 heterocycles. The summed E-state index contributed by atoms with van der Waals surface area (Å²) in [6.45, 7) is 0. The molecule has 0 unspecified atom stereocenters. The van der Waals surface area contributed by atoms with Crippen molar-refractivity contribution in [3.8, 4) is 0 Å². The van der Waals surface area contributed by atoms with Gasteiger partial charge in [-0.15, -0.1) is 0 Å². The Morgan fingerprint density at radius 1 is 0.286 bits per heavy atom. The Morgan fingerprint density at radius 2 is 0.429 bits per heavy atom. The van der Waals surface area contributed by atoms with E-state index in [0.29, 0.717) is 0 Å². The summed E-state index contributed by atoms with van der Waals surface area (Å²) in [7, 11) is 0. The molecular formula is C20H20Nb-4. The Labute approximate surface area is 143 Å². The van der Waals surface area contributed by atoms with Crippen molar-refractivity contribution in [2.75, 3.05) is 0 Å². The van der Waals surface area contributed by atoms with Gasteiger partial charge in [0.1, 0.15) is 0 Å². The van der Waals surface area contributed by atoms with E-state index in [1.807, 2.05) is 121 Å². The molecular weight excluding hydrogens is 333 g/mol. The van der Waals surface area contributed by atoms with E-state index in [0.717, 1.165) is 0 Å². The van der Waals surface area contributed by atoms with Crippen LogP contribution in [0.2, 0.25) is 0 Å². The molecule has 109 valence electrons. The van der Waals surface area contributed by atoms with Crippen molar-refractivity contribution in [1.82, 2.24) is 0 Å². The smallest absolute Gasteiger partial charge is 0 e. The summed E-state index contributed by atoms with van der Waals surface area (Å²) >= 11 is 0. The predicted octanol–water partition coefficient (Wildman–Crippen LogP) is 5.62. The maximum absolute atomic E-state index is 2.00. The Morgan fingerprint density at radius 3 is 0.476 bits per heavy atom. The van der Waals surface area contributed by atoms with E-state index in [9.17, 15) is 0 Å². The van der Waals surface area contributed by atoms with Gasteiger partial charge < -0.3 is 0 Å². The zero-order valence-corrected chi connectivity index (χ0v) is 14.2. The van der Waals surface area contributed by atoms with E-state index in [4.69, 9.17) is 0 Å². The first-order valence-electron chi connectivity index (χ1n) is 6.67. The van der Waals surface area contributed by atoms with Gasteiger partial charge in [-0.2, -0.15) is 72.8 Å². The summed E-state index contributed by atoms with van der Waals surface area (Å²) in [5.74, 6) is 0.